The highest BCUT2D eigenvalue weighted by molar-refractivity contribution is 9.11. The third kappa shape index (κ3) is 1.58. The predicted molar refractivity (Wildman–Crippen MR) is 48.1 cm³/mol. The molecular weight excluding hydrogens is 209 g/mol. The normalized spacial score (nSPS) is 25.6. The number of hydrogen-bond acceptors (Lipinski definition) is 1. The Kier molecular flexibility index (Phi) is 2.58. The van der Waals surface area contributed by atoms with Crippen LogP contribution in [0.5, 0.6) is 0 Å². The van der Waals surface area contributed by atoms with Crippen molar-refractivity contribution in [1.82, 2.24) is 4.90 Å². The van der Waals surface area contributed by atoms with E-state index < -0.39 is 6.30 Å². The summed E-state index contributed by atoms with van der Waals surface area (Å²) in [7, 11) is 1.77. The molecule has 3 heteroatoms. The number of alkyl halides is 1. The first-order chi connectivity index (χ1) is 5.04. The summed E-state index contributed by atoms with van der Waals surface area (Å²) in [6.07, 6.45) is -0.281. The molecule has 0 radical (unpaired) electrons. The minimum Gasteiger partial charge on any atom is -0.339 e. The van der Waals surface area contributed by atoms with Crippen molar-refractivity contribution in [2.75, 3.05) is 7.05 Å². The van der Waals surface area contributed by atoms with Crippen LogP contribution < -0.4 is 0 Å². The maximum atomic E-state index is 13.0. The van der Waals surface area contributed by atoms with Crippen LogP contribution >= 0.6 is 15.9 Å². The van der Waals surface area contributed by atoms with Gasteiger partial charge in [-0.05, 0) is 27.4 Å². The molecule has 11 heavy (non-hydrogen) atoms. The standard InChI is InChI=1S/C8H13BrFN/c1-5(2)6-4-7(10)11(3)8(6)9/h5,7H,4H2,1-3H3. The molecule has 0 aromatic carbocycles. The third-order valence-corrected chi connectivity index (χ3v) is 3.15. The number of rotatable bonds is 1. The second kappa shape index (κ2) is 3.13. The van der Waals surface area contributed by atoms with Gasteiger partial charge in [-0.25, -0.2) is 4.39 Å². The molecule has 0 spiro atoms. The van der Waals surface area contributed by atoms with E-state index in [1.165, 1.54) is 5.57 Å². The summed E-state index contributed by atoms with van der Waals surface area (Å²) in [5.74, 6) is 0.438. The first-order valence-electron chi connectivity index (χ1n) is 3.79. The molecule has 0 bridgehead atoms. The zero-order valence-electron chi connectivity index (χ0n) is 7.06. The van der Waals surface area contributed by atoms with Crippen molar-refractivity contribution in [3.8, 4) is 0 Å². The van der Waals surface area contributed by atoms with E-state index in [0.29, 0.717) is 12.3 Å². The second-order valence-electron chi connectivity index (χ2n) is 3.22. The van der Waals surface area contributed by atoms with Crippen molar-refractivity contribution in [1.29, 1.82) is 0 Å². The zero-order valence-corrected chi connectivity index (χ0v) is 8.65. The number of halogens is 2. The maximum Gasteiger partial charge on any atom is 0.176 e. The molecule has 64 valence electrons. The molecule has 0 N–H and O–H groups in total. The maximum absolute atomic E-state index is 13.0. The van der Waals surface area contributed by atoms with E-state index in [1.807, 2.05) is 0 Å². The minimum atomic E-state index is -0.832. The molecule has 1 aliphatic heterocycles. The fraction of sp³-hybridized carbons (Fsp3) is 0.750. The fourth-order valence-electron chi connectivity index (χ4n) is 1.23. The van der Waals surface area contributed by atoms with Crippen LogP contribution in [0.15, 0.2) is 10.2 Å². The highest BCUT2D eigenvalue weighted by Gasteiger charge is 2.28. The van der Waals surface area contributed by atoms with Gasteiger partial charge in [0.1, 0.15) is 0 Å². The highest BCUT2D eigenvalue weighted by Crippen LogP contribution is 2.35. The molecule has 0 saturated carbocycles. The molecular formula is C8H13BrFN. The van der Waals surface area contributed by atoms with Gasteiger partial charge in [0.05, 0.1) is 4.61 Å². The van der Waals surface area contributed by atoms with E-state index in [2.05, 4.69) is 29.8 Å². The average molecular weight is 222 g/mol. The monoisotopic (exact) mass is 221 g/mol. The lowest BCUT2D eigenvalue weighted by Gasteiger charge is -2.14. The number of nitrogens with zero attached hydrogens (tertiary/aromatic N) is 1. The van der Waals surface area contributed by atoms with Crippen LogP contribution in [0.2, 0.25) is 0 Å². The molecule has 0 aromatic heterocycles. The molecule has 1 atom stereocenters. The van der Waals surface area contributed by atoms with Gasteiger partial charge in [0.2, 0.25) is 0 Å². The molecule has 0 aromatic rings. The van der Waals surface area contributed by atoms with E-state index in [4.69, 9.17) is 0 Å². The van der Waals surface area contributed by atoms with Gasteiger partial charge in [0.25, 0.3) is 0 Å². The second-order valence-corrected chi connectivity index (χ2v) is 3.97. The summed E-state index contributed by atoms with van der Waals surface area (Å²) >= 11 is 3.38. The highest BCUT2D eigenvalue weighted by atomic mass is 79.9. The van der Waals surface area contributed by atoms with E-state index in [1.54, 1.807) is 11.9 Å². The van der Waals surface area contributed by atoms with Gasteiger partial charge in [-0.2, -0.15) is 0 Å². The molecule has 0 aliphatic carbocycles. The Bertz CT molecular complexity index is 189. The van der Waals surface area contributed by atoms with Gasteiger partial charge < -0.3 is 4.90 Å². The number of hydrogen-bond donors (Lipinski definition) is 0. The summed E-state index contributed by atoms with van der Waals surface area (Å²) in [6, 6.07) is 0. The van der Waals surface area contributed by atoms with Crippen LogP contribution in [0, 0.1) is 5.92 Å². The molecule has 1 aliphatic rings. The van der Waals surface area contributed by atoms with Gasteiger partial charge in [0, 0.05) is 13.5 Å². The summed E-state index contributed by atoms with van der Waals surface area (Å²) < 4.78 is 14.0. The van der Waals surface area contributed by atoms with Gasteiger partial charge in [-0.1, -0.05) is 13.8 Å². The molecule has 1 nitrogen and oxygen atoms in total. The van der Waals surface area contributed by atoms with E-state index >= 15 is 0 Å². The predicted octanol–water partition coefficient (Wildman–Crippen LogP) is 2.88. The Morgan fingerprint density at radius 2 is 2.18 bits per heavy atom. The third-order valence-electron chi connectivity index (χ3n) is 2.08. The summed E-state index contributed by atoms with van der Waals surface area (Å²) in [5.41, 5.74) is 1.18. The first-order valence-corrected chi connectivity index (χ1v) is 4.58. The van der Waals surface area contributed by atoms with Crippen molar-refractivity contribution in [2.45, 2.75) is 26.6 Å². The van der Waals surface area contributed by atoms with Crippen molar-refractivity contribution >= 4 is 15.9 Å². The molecule has 1 heterocycles. The van der Waals surface area contributed by atoms with Crippen LogP contribution in [0.3, 0.4) is 0 Å². The lowest BCUT2D eigenvalue weighted by Crippen LogP contribution is -2.18. The zero-order chi connectivity index (χ0) is 8.59. The SMILES string of the molecule is CC(C)C1=C(Br)N(C)C(F)C1. The van der Waals surface area contributed by atoms with Gasteiger partial charge in [-0.3, -0.25) is 0 Å². The van der Waals surface area contributed by atoms with Crippen LogP contribution in [-0.4, -0.2) is 18.2 Å². The molecule has 0 saturated heterocycles. The first kappa shape index (κ1) is 9.04. The van der Waals surface area contributed by atoms with Crippen molar-refractivity contribution in [2.24, 2.45) is 5.92 Å². The topological polar surface area (TPSA) is 3.24 Å². The van der Waals surface area contributed by atoms with Crippen LogP contribution in [0.25, 0.3) is 0 Å². The Morgan fingerprint density at radius 3 is 2.36 bits per heavy atom. The van der Waals surface area contributed by atoms with Crippen molar-refractivity contribution in [3.05, 3.63) is 10.2 Å². The molecule has 0 fully saturated rings. The Hall–Kier alpha value is -0.0500. The van der Waals surface area contributed by atoms with Gasteiger partial charge in [-0.15, -0.1) is 0 Å². The van der Waals surface area contributed by atoms with Crippen LogP contribution in [0.1, 0.15) is 20.3 Å². The van der Waals surface area contributed by atoms with Crippen molar-refractivity contribution in [3.63, 3.8) is 0 Å². The Morgan fingerprint density at radius 1 is 1.64 bits per heavy atom. The smallest absolute Gasteiger partial charge is 0.176 e. The van der Waals surface area contributed by atoms with E-state index in [0.717, 1.165) is 4.61 Å². The lowest BCUT2D eigenvalue weighted by atomic mass is 10.0. The molecule has 1 rings (SSSR count). The Balaban J connectivity index is 2.80. The fourth-order valence-corrected chi connectivity index (χ4v) is 2.07. The minimum absolute atomic E-state index is 0.438. The lowest BCUT2D eigenvalue weighted by molar-refractivity contribution is 0.176. The average Bonchev–Trinajstić information content (AvgIpc) is 2.17. The summed E-state index contributed by atoms with van der Waals surface area (Å²) in [6.45, 7) is 4.17. The van der Waals surface area contributed by atoms with Crippen molar-refractivity contribution < 1.29 is 4.39 Å². The van der Waals surface area contributed by atoms with Crippen LogP contribution in [-0.2, 0) is 0 Å². The molecule has 0 amide bonds. The van der Waals surface area contributed by atoms with E-state index in [9.17, 15) is 4.39 Å². The summed E-state index contributed by atoms with van der Waals surface area (Å²) in [4.78, 5) is 1.63. The van der Waals surface area contributed by atoms with Gasteiger partial charge in [0.15, 0.2) is 6.30 Å². The van der Waals surface area contributed by atoms with Crippen LogP contribution in [0.4, 0.5) is 4.39 Å². The molecule has 1 unspecified atom stereocenters. The largest absolute Gasteiger partial charge is 0.339 e. The van der Waals surface area contributed by atoms with Gasteiger partial charge >= 0.3 is 0 Å². The summed E-state index contributed by atoms with van der Waals surface area (Å²) in [5, 5.41) is 0. The van der Waals surface area contributed by atoms with E-state index in [-0.39, 0.29) is 0 Å². The Labute approximate surface area is 75.4 Å². The quantitative estimate of drug-likeness (QED) is 0.616.